The van der Waals surface area contributed by atoms with E-state index in [1.54, 1.807) is 11.8 Å². The van der Waals surface area contributed by atoms with E-state index >= 15 is 0 Å². The quantitative estimate of drug-likeness (QED) is 0.617. The molecule has 4 nitrogen and oxygen atoms in total. The topological polar surface area (TPSA) is 30.3 Å². The summed E-state index contributed by atoms with van der Waals surface area (Å²) < 4.78 is 7.76. The van der Waals surface area contributed by atoms with Gasteiger partial charge in [0.05, 0.1) is 30.5 Å². The predicted octanol–water partition coefficient (Wildman–Crippen LogP) is 1.58. The van der Waals surface area contributed by atoms with Gasteiger partial charge < -0.3 is 14.2 Å². The molecule has 6 heteroatoms. The predicted molar refractivity (Wildman–Crippen MR) is 70.7 cm³/mol. The molecule has 96 valence electrons. The molecule has 0 aromatic carbocycles. The fraction of sp³-hybridized carbons (Fsp3) is 0.727. The first-order valence-electron chi connectivity index (χ1n) is 5.70. The van der Waals surface area contributed by atoms with Crippen LogP contribution in [0, 0.1) is 0 Å². The lowest BCUT2D eigenvalue weighted by Gasteiger charge is -2.29. The Hall–Kier alpha value is -0.230. The van der Waals surface area contributed by atoms with Gasteiger partial charge >= 0.3 is 0 Å². The highest BCUT2D eigenvalue weighted by molar-refractivity contribution is 7.99. The van der Waals surface area contributed by atoms with Gasteiger partial charge in [-0.05, 0) is 7.05 Å². The molecule has 0 bridgehead atoms. The highest BCUT2D eigenvalue weighted by Gasteiger charge is 2.18. The van der Waals surface area contributed by atoms with E-state index in [4.69, 9.17) is 16.3 Å². The van der Waals surface area contributed by atoms with Gasteiger partial charge in [0, 0.05) is 25.9 Å². The van der Waals surface area contributed by atoms with Crippen molar-refractivity contribution in [1.29, 1.82) is 0 Å². The molecule has 1 unspecified atom stereocenters. The van der Waals surface area contributed by atoms with Crippen molar-refractivity contribution in [3.8, 4) is 0 Å². The number of thioether (sulfide) groups is 1. The highest BCUT2D eigenvalue weighted by Crippen LogP contribution is 2.20. The van der Waals surface area contributed by atoms with E-state index in [9.17, 15) is 0 Å². The Morgan fingerprint density at radius 2 is 2.41 bits per heavy atom. The average Bonchev–Trinajstić information content (AvgIpc) is 2.67. The zero-order chi connectivity index (χ0) is 12.3. The van der Waals surface area contributed by atoms with E-state index in [1.807, 2.05) is 17.8 Å². The number of hydrogen-bond donors (Lipinski definition) is 0. The number of alkyl halides is 1. The smallest absolute Gasteiger partial charge is 0.168 e. The third kappa shape index (κ3) is 3.37. The summed E-state index contributed by atoms with van der Waals surface area (Å²) >= 11 is 7.55. The molecule has 0 amide bonds. The summed E-state index contributed by atoms with van der Waals surface area (Å²) in [6, 6.07) is 0. The molecule has 1 atom stereocenters. The molecule has 1 fully saturated rings. The van der Waals surface area contributed by atoms with Crippen molar-refractivity contribution < 1.29 is 4.74 Å². The second-order valence-electron chi connectivity index (χ2n) is 4.29. The van der Waals surface area contributed by atoms with E-state index in [1.165, 1.54) is 0 Å². The summed E-state index contributed by atoms with van der Waals surface area (Å²) in [4.78, 5) is 6.67. The third-order valence-corrected chi connectivity index (χ3v) is 4.37. The van der Waals surface area contributed by atoms with Crippen molar-refractivity contribution in [3.05, 3.63) is 11.9 Å². The van der Waals surface area contributed by atoms with Crippen LogP contribution in [0.1, 0.15) is 5.69 Å². The lowest BCUT2D eigenvalue weighted by atomic mass is 10.3. The van der Waals surface area contributed by atoms with Crippen molar-refractivity contribution in [2.45, 2.75) is 17.1 Å². The number of halogens is 1. The number of aromatic nitrogens is 2. The summed E-state index contributed by atoms with van der Waals surface area (Å²) in [5, 5.41) is 1.01. The molecule has 17 heavy (non-hydrogen) atoms. The number of imidazole rings is 1. The van der Waals surface area contributed by atoms with Crippen LogP contribution < -0.4 is 0 Å². The highest BCUT2D eigenvalue weighted by atomic mass is 35.5. The monoisotopic (exact) mass is 275 g/mol. The van der Waals surface area contributed by atoms with Gasteiger partial charge in [-0.25, -0.2) is 4.98 Å². The van der Waals surface area contributed by atoms with Gasteiger partial charge in [0.2, 0.25) is 0 Å². The summed E-state index contributed by atoms with van der Waals surface area (Å²) in [7, 11) is 4.13. The Morgan fingerprint density at radius 1 is 1.59 bits per heavy atom. The molecular formula is C11H18ClN3OS. The molecule has 0 saturated carbocycles. The maximum absolute atomic E-state index is 5.81. The van der Waals surface area contributed by atoms with Crippen LogP contribution in [0.4, 0.5) is 0 Å². The van der Waals surface area contributed by atoms with Crippen LogP contribution >= 0.6 is 23.4 Å². The third-order valence-electron chi connectivity index (χ3n) is 2.92. The van der Waals surface area contributed by atoms with Crippen LogP contribution in [0.2, 0.25) is 0 Å². The van der Waals surface area contributed by atoms with E-state index in [2.05, 4.69) is 16.9 Å². The van der Waals surface area contributed by atoms with Crippen LogP contribution in [0.25, 0.3) is 0 Å². The number of ether oxygens (including phenoxy) is 1. The zero-order valence-electron chi connectivity index (χ0n) is 10.2. The Kier molecular flexibility index (Phi) is 4.73. The first-order chi connectivity index (χ1) is 8.20. The molecule has 0 aliphatic carbocycles. The zero-order valence-corrected chi connectivity index (χ0v) is 11.8. The second kappa shape index (κ2) is 6.09. The number of nitrogens with zero attached hydrogens (tertiary/aromatic N) is 3. The summed E-state index contributed by atoms with van der Waals surface area (Å²) in [5.41, 5.74) is 1.05. The molecular weight excluding hydrogens is 258 g/mol. The number of morpholine rings is 1. The number of likely N-dealkylation sites (N-methyl/N-ethyl adjacent to an activating group) is 1. The Balaban J connectivity index is 1.86. The maximum Gasteiger partial charge on any atom is 0.168 e. The van der Waals surface area contributed by atoms with Crippen LogP contribution in [-0.4, -0.2) is 53.1 Å². The van der Waals surface area contributed by atoms with Gasteiger partial charge in [-0.15, -0.1) is 11.6 Å². The molecule has 1 saturated heterocycles. The van der Waals surface area contributed by atoms with E-state index in [0.29, 0.717) is 12.0 Å². The molecule has 0 radical (unpaired) electrons. The minimum Gasteiger partial charge on any atom is -0.375 e. The SMILES string of the molecule is CN1CCOC(CSc2ncc(CCl)n2C)C1. The maximum atomic E-state index is 5.81. The first kappa shape index (κ1) is 13.2. The van der Waals surface area contributed by atoms with Gasteiger partial charge in [-0.1, -0.05) is 11.8 Å². The molecule has 1 aliphatic heterocycles. The largest absolute Gasteiger partial charge is 0.375 e. The minimum absolute atomic E-state index is 0.301. The molecule has 0 spiro atoms. The molecule has 0 N–H and O–H groups in total. The van der Waals surface area contributed by atoms with Gasteiger partial charge in [-0.2, -0.15) is 0 Å². The second-order valence-corrected chi connectivity index (χ2v) is 5.55. The van der Waals surface area contributed by atoms with Crippen LogP contribution in [-0.2, 0) is 17.7 Å². The van der Waals surface area contributed by atoms with Crippen molar-refractivity contribution >= 4 is 23.4 Å². The van der Waals surface area contributed by atoms with Crippen LogP contribution in [0.5, 0.6) is 0 Å². The summed E-state index contributed by atoms with van der Waals surface area (Å²) in [6.45, 7) is 2.86. The van der Waals surface area contributed by atoms with E-state index < -0.39 is 0 Å². The molecule has 1 aliphatic rings. The molecule has 2 heterocycles. The Bertz CT molecular complexity index is 372. The number of rotatable bonds is 4. The van der Waals surface area contributed by atoms with Crippen molar-refractivity contribution in [3.63, 3.8) is 0 Å². The van der Waals surface area contributed by atoms with Gasteiger partial charge in [0.1, 0.15) is 0 Å². The average molecular weight is 276 g/mol. The standard InChI is InChI=1S/C11H18ClN3OS/c1-14-3-4-16-10(7-14)8-17-11-13-6-9(5-12)15(11)2/h6,10H,3-5,7-8H2,1-2H3. The summed E-state index contributed by atoms with van der Waals surface area (Å²) in [5.74, 6) is 1.45. The van der Waals surface area contributed by atoms with Crippen molar-refractivity contribution in [2.24, 2.45) is 7.05 Å². The number of hydrogen-bond acceptors (Lipinski definition) is 4. The normalized spacial score (nSPS) is 21.9. The van der Waals surface area contributed by atoms with Crippen LogP contribution in [0.15, 0.2) is 11.4 Å². The van der Waals surface area contributed by atoms with Crippen LogP contribution in [0.3, 0.4) is 0 Å². The fourth-order valence-electron chi connectivity index (χ4n) is 1.82. The van der Waals surface area contributed by atoms with Gasteiger partial charge in [0.25, 0.3) is 0 Å². The van der Waals surface area contributed by atoms with Gasteiger partial charge in [-0.3, -0.25) is 0 Å². The summed E-state index contributed by atoms with van der Waals surface area (Å²) in [6.07, 6.45) is 2.14. The molecule has 1 aromatic rings. The fourth-order valence-corrected chi connectivity index (χ4v) is 3.04. The first-order valence-corrected chi connectivity index (χ1v) is 7.22. The molecule has 2 rings (SSSR count). The lowest BCUT2D eigenvalue weighted by molar-refractivity contribution is -0.00601. The molecule has 1 aromatic heterocycles. The van der Waals surface area contributed by atoms with Gasteiger partial charge in [0.15, 0.2) is 5.16 Å². The van der Waals surface area contributed by atoms with E-state index in [-0.39, 0.29) is 0 Å². The van der Waals surface area contributed by atoms with E-state index in [0.717, 1.165) is 36.3 Å². The Morgan fingerprint density at radius 3 is 3.06 bits per heavy atom. The lowest BCUT2D eigenvalue weighted by Crippen LogP contribution is -2.41. The van der Waals surface area contributed by atoms with Crippen molar-refractivity contribution in [1.82, 2.24) is 14.5 Å². The van der Waals surface area contributed by atoms with Crippen molar-refractivity contribution in [2.75, 3.05) is 32.5 Å². The minimum atomic E-state index is 0.301. The Labute approximate surface area is 111 Å².